The third kappa shape index (κ3) is 6.33. The van der Waals surface area contributed by atoms with E-state index in [9.17, 15) is 9.59 Å². The van der Waals surface area contributed by atoms with Crippen molar-refractivity contribution in [2.45, 2.75) is 24.1 Å². The van der Waals surface area contributed by atoms with Gasteiger partial charge in [0.05, 0.1) is 18.1 Å². The van der Waals surface area contributed by atoms with Crippen molar-refractivity contribution in [3.63, 3.8) is 0 Å². The van der Waals surface area contributed by atoms with Crippen molar-refractivity contribution in [2.24, 2.45) is 0 Å². The van der Waals surface area contributed by atoms with Crippen LogP contribution in [0.4, 0.5) is 0 Å². The Labute approximate surface area is 149 Å². The molecule has 1 N–H and O–H groups in total. The van der Waals surface area contributed by atoms with Crippen molar-refractivity contribution < 1.29 is 14.3 Å². The van der Waals surface area contributed by atoms with Gasteiger partial charge in [0.1, 0.15) is 0 Å². The summed E-state index contributed by atoms with van der Waals surface area (Å²) in [4.78, 5) is 27.5. The van der Waals surface area contributed by atoms with Gasteiger partial charge in [0.2, 0.25) is 5.91 Å². The van der Waals surface area contributed by atoms with Gasteiger partial charge in [-0.25, -0.2) is 4.98 Å². The molecule has 5 nitrogen and oxygen atoms in total. The normalized spacial score (nSPS) is 10.4. The zero-order valence-electron chi connectivity index (χ0n) is 13.5. The summed E-state index contributed by atoms with van der Waals surface area (Å²) >= 11 is 2.95. The first-order valence-electron chi connectivity index (χ1n) is 7.75. The average Bonchev–Trinajstić information content (AvgIpc) is 3.07. The SMILES string of the molecule is CCOC(=O)CCCNC(=O)CSc1nc(-c2ccccc2)cs1. The lowest BCUT2D eigenvalue weighted by Gasteiger charge is -2.04. The number of esters is 1. The Morgan fingerprint density at radius 2 is 2.08 bits per heavy atom. The summed E-state index contributed by atoms with van der Waals surface area (Å²) in [5.41, 5.74) is 2.00. The van der Waals surface area contributed by atoms with E-state index in [2.05, 4.69) is 10.3 Å². The fourth-order valence-electron chi connectivity index (χ4n) is 1.94. The molecule has 1 aromatic heterocycles. The summed E-state index contributed by atoms with van der Waals surface area (Å²) in [7, 11) is 0. The summed E-state index contributed by atoms with van der Waals surface area (Å²) in [6.45, 7) is 2.64. The maximum atomic E-state index is 11.8. The molecule has 0 aliphatic heterocycles. The summed E-state index contributed by atoms with van der Waals surface area (Å²) in [6, 6.07) is 9.95. The molecule has 0 atom stereocenters. The number of benzene rings is 1. The first-order valence-corrected chi connectivity index (χ1v) is 9.61. The lowest BCUT2D eigenvalue weighted by Crippen LogP contribution is -2.26. The smallest absolute Gasteiger partial charge is 0.305 e. The van der Waals surface area contributed by atoms with E-state index < -0.39 is 0 Å². The number of amides is 1. The van der Waals surface area contributed by atoms with Gasteiger partial charge < -0.3 is 10.1 Å². The third-order valence-electron chi connectivity index (χ3n) is 3.06. The van der Waals surface area contributed by atoms with Crippen LogP contribution >= 0.6 is 23.1 Å². The van der Waals surface area contributed by atoms with Gasteiger partial charge in [-0.3, -0.25) is 9.59 Å². The maximum Gasteiger partial charge on any atom is 0.305 e. The highest BCUT2D eigenvalue weighted by Crippen LogP contribution is 2.27. The van der Waals surface area contributed by atoms with E-state index >= 15 is 0 Å². The predicted octanol–water partition coefficient (Wildman–Crippen LogP) is 3.36. The molecule has 0 aliphatic carbocycles. The molecule has 7 heteroatoms. The zero-order valence-corrected chi connectivity index (χ0v) is 15.1. The molecule has 0 aliphatic rings. The highest BCUT2D eigenvalue weighted by atomic mass is 32.2. The number of rotatable bonds is 9. The van der Waals surface area contributed by atoms with Gasteiger partial charge in [-0.15, -0.1) is 11.3 Å². The van der Waals surface area contributed by atoms with Gasteiger partial charge in [0.15, 0.2) is 4.34 Å². The Kier molecular flexibility index (Phi) is 7.77. The predicted molar refractivity (Wildman–Crippen MR) is 97.2 cm³/mol. The Balaban J connectivity index is 1.67. The van der Waals surface area contributed by atoms with Crippen molar-refractivity contribution in [1.82, 2.24) is 10.3 Å². The Morgan fingerprint density at radius 3 is 2.83 bits per heavy atom. The summed E-state index contributed by atoms with van der Waals surface area (Å²) in [6.07, 6.45) is 0.916. The molecule has 2 aromatic rings. The van der Waals surface area contributed by atoms with Crippen LogP contribution in [0.3, 0.4) is 0 Å². The molecule has 1 heterocycles. The molecule has 0 saturated carbocycles. The van der Waals surface area contributed by atoms with Gasteiger partial charge in [0, 0.05) is 23.9 Å². The zero-order chi connectivity index (χ0) is 17.2. The minimum atomic E-state index is -0.225. The molecule has 0 radical (unpaired) electrons. The van der Waals surface area contributed by atoms with E-state index in [-0.39, 0.29) is 11.9 Å². The fourth-order valence-corrected chi connectivity index (χ4v) is 3.60. The largest absolute Gasteiger partial charge is 0.466 e. The van der Waals surface area contributed by atoms with Crippen LogP contribution in [0.5, 0.6) is 0 Å². The number of thioether (sulfide) groups is 1. The van der Waals surface area contributed by atoms with Gasteiger partial charge in [-0.1, -0.05) is 42.1 Å². The van der Waals surface area contributed by atoms with Crippen LogP contribution in [0.25, 0.3) is 11.3 Å². The van der Waals surface area contributed by atoms with Crippen molar-refractivity contribution in [2.75, 3.05) is 18.9 Å². The number of nitrogens with zero attached hydrogens (tertiary/aromatic N) is 1. The Hall–Kier alpha value is -1.86. The minimum absolute atomic E-state index is 0.0553. The van der Waals surface area contributed by atoms with E-state index in [0.717, 1.165) is 15.6 Å². The Bertz CT molecular complexity index is 659. The molecule has 0 saturated heterocycles. The molecule has 0 bridgehead atoms. The van der Waals surface area contributed by atoms with Crippen molar-refractivity contribution in [3.8, 4) is 11.3 Å². The lowest BCUT2D eigenvalue weighted by molar-refractivity contribution is -0.143. The molecular formula is C17H20N2O3S2. The number of hydrogen-bond donors (Lipinski definition) is 1. The van der Waals surface area contributed by atoms with Crippen LogP contribution in [0.15, 0.2) is 40.1 Å². The van der Waals surface area contributed by atoms with E-state index in [4.69, 9.17) is 4.74 Å². The van der Waals surface area contributed by atoms with Crippen LogP contribution < -0.4 is 5.32 Å². The highest BCUT2D eigenvalue weighted by Gasteiger charge is 2.08. The molecule has 2 rings (SSSR count). The fraction of sp³-hybridized carbons (Fsp3) is 0.353. The van der Waals surface area contributed by atoms with Gasteiger partial charge in [0.25, 0.3) is 0 Å². The summed E-state index contributed by atoms with van der Waals surface area (Å²) in [5, 5.41) is 4.79. The minimum Gasteiger partial charge on any atom is -0.466 e. The second-order valence-corrected chi connectivity index (χ2v) is 6.99. The molecule has 24 heavy (non-hydrogen) atoms. The molecule has 0 fully saturated rings. The monoisotopic (exact) mass is 364 g/mol. The molecule has 0 unspecified atom stereocenters. The van der Waals surface area contributed by atoms with Crippen molar-refractivity contribution >= 4 is 35.0 Å². The van der Waals surface area contributed by atoms with E-state index in [0.29, 0.717) is 31.7 Å². The Morgan fingerprint density at radius 1 is 1.29 bits per heavy atom. The van der Waals surface area contributed by atoms with Crippen LogP contribution in [-0.4, -0.2) is 35.8 Å². The first-order chi connectivity index (χ1) is 11.7. The van der Waals surface area contributed by atoms with Crippen molar-refractivity contribution in [3.05, 3.63) is 35.7 Å². The molecule has 1 amide bonds. The highest BCUT2D eigenvalue weighted by molar-refractivity contribution is 8.01. The number of nitrogens with one attached hydrogen (secondary N) is 1. The van der Waals surface area contributed by atoms with Gasteiger partial charge in [-0.2, -0.15) is 0 Å². The van der Waals surface area contributed by atoms with Gasteiger partial charge in [-0.05, 0) is 13.3 Å². The quantitative estimate of drug-likeness (QED) is 0.420. The second-order valence-electron chi connectivity index (χ2n) is 4.91. The van der Waals surface area contributed by atoms with E-state index in [1.54, 1.807) is 6.92 Å². The van der Waals surface area contributed by atoms with Crippen LogP contribution in [-0.2, 0) is 14.3 Å². The maximum absolute atomic E-state index is 11.8. The number of carbonyl (C=O) groups excluding carboxylic acids is 2. The lowest BCUT2D eigenvalue weighted by atomic mass is 10.2. The topological polar surface area (TPSA) is 68.3 Å². The summed E-state index contributed by atoms with van der Waals surface area (Å²) < 4.78 is 5.70. The molecule has 1 aromatic carbocycles. The van der Waals surface area contributed by atoms with E-state index in [1.165, 1.54) is 23.1 Å². The number of ether oxygens (including phenoxy) is 1. The van der Waals surface area contributed by atoms with E-state index in [1.807, 2.05) is 35.7 Å². The number of thiazole rings is 1. The second kappa shape index (κ2) is 10.1. The van der Waals surface area contributed by atoms with Crippen LogP contribution in [0.2, 0.25) is 0 Å². The first kappa shape index (κ1) is 18.5. The molecule has 128 valence electrons. The third-order valence-corrected chi connectivity index (χ3v) is 5.09. The number of carbonyl (C=O) groups is 2. The molecule has 0 spiro atoms. The average molecular weight is 364 g/mol. The number of aromatic nitrogens is 1. The molecular weight excluding hydrogens is 344 g/mol. The van der Waals surface area contributed by atoms with Crippen molar-refractivity contribution in [1.29, 1.82) is 0 Å². The van der Waals surface area contributed by atoms with Crippen LogP contribution in [0.1, 0.15) is 19.8 Å². The summed E-state index contributed by atoms with van der Waals surface area (Å²) in [5.74, 6) is 0.0407. The standard InChI is InChI=1S/C17H20N2O3S2/c1-2-22-16(21)9-6-10-18-15(20)12-24-17-19-14(11-23-17)13-7-4-3-5-8-13/h3-5,7-8,11H,2,6,9-10,12H2,1H3,(H,18,20). The van der Waals surface area contributed by atoms with Crippen LogP contribution in [0, 0.1) is 0 Å². The number of hydrogen-bond acceptors (Lipinski definition) is 6. The van der Waals surface area contributed by atoms with Gasteiger partial charge >= 0.3 is 5.97 Å².